The smallest absolute Gasteiger partial charge is 0.258 e. The third kappa shape index (κ3) is 3.48. The van der Waals surface area contributed by atoms with Gasteiger partial charge in [0.05, 0.1) is 18.2 Å². The third-order valence-corrected chi connectivity index (χ3v) is 4.48. The number of rotatable bonds is 6. The Bertz CT molecular complexity index is 673. The molecule has 4 heteroatoms. The fourth-order valence-electron chi connectivity index (χ4n) is 3.10. The molecular formula is C19H23NO3. The van der Waals surface area contributed by atoms with Gasteiger partial charge in [0.1, 0.15) is 11.5 Å². The molecule has 1 aliphatic carbocycles. The maximum absolute atomic E-state index is 13.1. The molecule has 1 aromatic heterocycles. The molecule has 1 heterocycles. The van der Waals surface area contributed by atoms with Crippen molar-refractivity contribution in [2.24, 2.45) is 5.92 Å². The van der Waals surface area contributed by atoms with Gasteiger partial charge in [0, 0.05) is 6.54 Å². The third-order valence-electron chi connectivity index (χ3n) is 4.48. The number of carbonyl (C=O) groups excluding carboxylic acids is 1. The van der Waals surface area contributed by atoms with Gasteiger partial charge in [0.25, 0.3) is 5.91 Å². The van der Waals surface area contributed by atoms with Crippen LogP contribution in [0.5, 0.6) is 0 Å². The Hall–Kier alpha value is -2.07. The predicted octanol–water partition coefficient (Wildman–Crippen LogP) is 3.31. The number of furan rings is 1. The van der Waals surface area contributed by atoms with E-state index in [4.69, 9.17) is 4.42 Å². The first-order chi connectivity index (χ1) is 11.1. The number of aliphatic hydroxyl groups excluding tert-OH is 1. The summed E-state index contributed by atoms with van der Waals surface area (Å²) in [5, 5.41) is 9.84. The molecule has 3 rings (SSSR count). The number of hydrogen-bond donors (Lipinski definition) is 1. The van der Waals surface area contributed by atoms with E-state index in [-0.39, 0.29) is 18.6 Å². The molecule has 122 valence electrons. The van der Waals surface area contributed by atoms with Gasteiger partial charge in [-0.1, -0.05) is 30.3 Å². The van der Waals surface area contributed by atoms with Crippen LogP contribution in [0.1, 0.15) is 40.3 Å². The summed E-state index contributed by atoms with van der Waals surface area (Å²) < 4.78 is 5.52. The molecule has 0 radical (unpaired) electrons. The van der Waals surface area contributed by atoms with Crippen molar-refractivity contribution in [3.63, 3.8) is 0 Å². The molecule has 0 saturated heterocycles. The summed E-state index contributed by atoms with van der Waals surface area (Å²) in [6, 6.07) is 11.6. The summed E-state index contributed by atoms with van der Waals surface area (Å²) in [5.41, 5.74) is 1.66. The van der Waals surface area contributed by atoms with Crippen LogP contribution >= 0.6 is 0 Å². The van der Waals surface area contributed by atoms with Crippen molar-refractivity contribution >= 4 is 5.91 Å². The van der Waals surface area contributed by atoms with Gasteiger partial charge >= 0.3 is 0 Å². The molecule has 1 aromatic carbocycles. The van der Waals surface area contributed by atoms with Crippen LogP contribution in [0.15, 0.2) is 40.8 Å². The minimum absolute atomic E-state index is 0.000872. The largest absolute Gasteiger partial charge is 0.466 e. The lowest BCUT2D eigenvalue weighted by Crippen LogP contribution is -2.43. The normalized spacial score (nSPS) is 15.4. The van der Waals surface area contributed by atoms with Crippen molar-refractivity contribution in [2.45, 2.75) is 39.3 Å². The van der Waals surface area contributed by atoms with Gasteiger partial charge in [0.2, 0.25) is 0 Å². The fourth-order valence-corrected chi connectivity index (χ4v) is 3.10. The van der Waals surface area contributed by atoms with Crippen LogP contribution in [0.25, 0.3) is 0 Å². The van der Waals surface area contributed by atoms with Crippen molar-refractivity contribution < 1.29 is 14.3 Å². The quantitative estimate of drug-likeness (QED) is 0.890. The average molecular weight is 313 g/mol. The van der Waals surface area contributed by atoms with Crippen LogP contribution in [-0.4, -0.2) is 28.6 Å². The molecule has 0 bridgehead atoms. The van der Waals surface area contributed by atoms with E-state index in [2.05, 4.69) is 0 Å². The summed E-state index contributed by atoms with van der Waals surface area (Å²) in [6.07, 6.45) is 2.15. The van der Waals surface area contributed by atoms with E-state index in [0.717, 1.165) is 24.2 Å². The molecular weight excluding hydrogens is 290 g/mol. The average Bonchev–Trinajstić information content (AvgIpc) is 3.32. The summed E-state index contributed by atoms with van der Waals surface area (Å²) in [7, 11) is 0. The Balaban J connectivity index is 1.90. The Morgan fingerprint density at radius 3 is 2.52 bits per heavy atom. The van der Waals surface area contributed by atoms with Gasteiger partial charge in [-0.05, 0) is 44.2 Å². The number of nitrogens with zero attached hydrogens (tertiary/aromatic N) is 1. The molecule has 1 unspecified atom stereocenters. The van der Waals surface area contributed by atoms with Crippen molar-refractivity contribution in [3.05, 3.63) is 59.0 Å². The zero-order chi connectivity index (χ0) is 16.4. The molecule has 4 nitrogen and oxygen atoms in total. The van der Waals surface area contributed by atoms with E-state index < -0.39 is 0 Å². The number of amides is 1. The van der Waals surface area contributed by atoms with Crippen LogP contribution in [-0.2, 0) is 6.54 Å². The lowest BCUT2D eigenvalue weighted by atomic mass is 10.1. The highest BCUT2D eigenvalue weighted by Gasteiger charge is 2.38. The van der Waals surface area contributed by atoms with E-state index in [1.54, 1.807) is 6.07 Å². The SMILES string of the molecule is Cc1cc(C(=O)N(Cc2ccccc2)C(CO)C2CC2)c(C)o1. The fraction of sp³-hybridized carbons (Fsp3) is 0.421. The van der Waals surface area contributed by atoms with Crippen LogP contribution in [0.3, 0.4) is 0 Å². The topological polar surface area (TPSA) is 53.7 Å². The van der Waals surface area contributed by atoms with Crippen molar-refractivity contribution in [1.29, 1.82) is 0 Å². The lowest BCUT2D eigenvalue weighted by Gasteiger charge is -2.31. The zero-order valence-corrected chi connectivity index (χ0v) is 13.7. The van der Waals surface area contributed by atoms with Crippen LogP contribution in [0.2, 0.25) is 0 Å². The monoisotopic (exact) mass is 313 g/mol. The number of aryl methyl sites for hydroxylation is 2. The maximum atomic E-state index is 13.1. The highest BCUT2D eigenvalue weighted by Crippen LogP contribution is 2.36. The first kappa shape index (κ1) is 15.8. The summed E-state index contributed by atoms with van der Waals surface area (Å²) in [6.45, 7) is 4.16. The number of aliphatic hydroxyl groups is 1. The van der Waals surface area contributed by atoms with E-state index in [1.165, 1.54) is 0 Å². The Morgan fingerprint density at radius 1 is 1.30 bits per heavy atom. The van der Waals surface area contributed by atoms with Gasteiger partial charge in [-0.15, -0.1) is 0 Å². The number of carbonyl (C=O) groups is 1. The second-order valence-electron chi connectivity index (χ2n) is 6.33. The number of benzene rings is 1. The minimum Gasteiger partial charge on any atom is -0.466 e. The molecule has 0 spiro atoms. The first-order valence-electron chi connectivity index (χ1n) is 8.13. The molecule has 1 saturated carbocycles. The molecule has 1 aliphatic rings. The highest BCUT2D eigenvalue weighted by atomic mass is 16.3. The Labute approximate surface area is 136 Å². The van der Waals surface area contributed by atoms with Crippen molar-refractivity contribution in [1.82, 2.24) is 4.90 Å². The Morgan fingerprint density at radius 2 is 2.00 bits per heavy atom. The van der Waals surface area contributed by atoms with Crippen molar-refractivity contribution in [2.75, 3.05) is 6.61 Å². The molecule has 1 atom stereocenters. The zero-order valence-electron chi connectivity index (χ0n) is 13.7. The van der Waals surface area contributed by atoms with Crippen molar-refractivity contribution in [3.8, 4) is 0 Å². The Kier molecular flexibility index (Phi) is 4.53. The van der Waals surface area contributed by atoms with Crippen LogP contribution in [0, 0.1) is 19.8 Å². The lowest BCUT2D eigenvalue weighted by molar-refractivity contribution is 0.0529. The minimum atomic E-state index is -0.127. The first-order valence-corrected chi connectivity index (χ1v) is 8.13. The van der Waals surface area contributed by atoms with Gasteiger partial charge in [-0.25, -0.2) is 0 Å². The van der Waals surface area contributed by atoms with Gasteiger partial charge in [-0.2, -0.15) is 0 Å². The summed E-state index contributed by atoms with van der Waals surface area (Å²) in [4.78, 5) is 14.9. The van der Waals surface area contributed by atoms with E-state index in [9.17, 15) is 9.90 Å². The van der Waals surface area contributed by atoms with Crippen LogP contribution < -0.4 is 0 Å². The van der Waals surface area contributed by atoms with E-state index in [1.807, 2.05) is 49.1 Å². The van der Waals surface area contributed by atoms with Gasteiger partial charge < -0.3 is 14.4 Å². The van der Waals surface area contributed by atoms with Gasteiger partial charge in [-0.3, -0.25) is 4.79 Å². The molecule has 1 amide bonds. The van der Waals surface area contributed by atoms with E-state index >= 15 is 0 Å². The maximum Gasteiger partial charge on any atom is 0.258 e. The van der Waals surface area contributed by atoms with Crippen LogP contribution in [0.4, 0.5) is 0 Å². The summed E-state index contributed by atoms with van der Waals surface area (Å²) in [5.74, 6) is 1.71. The second-order valence-corrected chi connectivity index (χ2v) is 6.33. The summed E-state index contributed by atoms with van der Waals surface area (Å²) >= 11 is 0. The van der Waals surface area contributed by atoms with Gasteiger partial charge in [0.15, 0.2) is 0 Å². The second kappa shape index (κ2) is 6.59. The van der Waals surface area contributed by atoms with E-state index in [0.29, 0.717) is 23.8 Å². The standard InChI is InChI=1S/C19H23NO3/c1-13-10-17(14(2)23-13)19(22)20(18(12-21)16-8-9-16)11-15-6-4-3-5-7-15/h3-7,10,16,18,21H,8-9,11-12H2,1-2H3. The molecule has 23 heavy (non-hydrogen) atoms. The highest BCUT2D eigenvalue weighted by molar-refractivity contribution is 5.95. The number of hydrogen-bond acceptors (Lipinski definition) is 3. The molecule has 0 aliphatic heterocycles. The molecule has 1 N–H and O–H groups in total. The molecule has 1 fully saturated rings. The predicted molar refractivity (Wildman–Crippen MR) is 88.1 cm³/mol. The molecule has 2 aromatic rings.